The average Bonchev–Trinajstić information content (AvgIpc) is 2.26. The van der Waals surface area contributed by atoms with E-state index in [-0.39, 0.29) is 6.10 Å². The fraction of sp³-hybridized carbons (Fsp3) is 0.333. The molecule has 1 aromatic rings. The smallest absolute Gasteiger partial charge is 0.432 e. The van der Waals surface area contributed by atoms with Crippen LogP contribution in [0.2, 0.25) is 0 Å². The molecule has 0 fully saturated rings. The minimum Gasteiger partial charge on any atom is -0.432 e. The fourth-order valence-electron chi connectivity index (χ4n) is 1.14. The van der Waals surface area contributed by atoms with Crippen LogP contribution < -0.4 is 0 Å². The molecule has 16 heavy (non-hydrogen) atoms. The van der Waals surface area contributed by atoms with Crippen LogP contribution in [0.5, 0.6) is 0 Å². The molecule has 0 aromatic heterocycles. The molecule has 0 radical (unpaired) electrons. The van der Waals surface area contributed by atoms with Gasteiger partial charge < -0.3 is 9.47 Å². The van der Waals surface area contributed by atoms with Crippen LogP contribution in [0.15, 0.2) is 30.3 Å². The first-order valence-corrected chi connectivity index (χ1v) is 5.01. The van der Waals surface area contributed by atoms with Crippen molar-refractivity contribution in [3.63, 3.8) is 0 Å². The average molecular weight is 222 g/mol. The zero-order chi connectivity index (χ0) is 12.0. The predicted molar refractivity (Wildman–Crippen MR) is 57.9 cm³/mol. The molecule has 0 amide bonds. The van der Waals surface area contributed by atoms with E-state index in [1.54, 1.807) is 38.1 Å². The van der Waals surface area contributed by atoms with Crippen LogP contribution in [0, 0.1) is 0 Å². The highest BCUT2D eigenvalue weighted by molar-refractivity contribution is 5.67. The number of carbonyl (C=O) groups excluding carboxylic acids is 2. The summed E-state index contributed by atoms with van der Waals surface area (Å²) in [5.41, 5.74) is 0.623. The summed E-state index contributed by atoms with van der Waals surface area (Å²) in [6.45, 7) is 3.42. The van der Waals surface area contributed by atoms with Gasteiger partial charge >= 0.3 is 6.16 Å². The number of aldehydes is 1. The lowest BCUT2D eigenvalue weighted by atomic mass is 10.1. The van der Waals surface area contributed by atoms with Crippen molar-refractivity contribution < 1.29 is 19.1 Å². The van der Waals surface area contributed by atoms with Gasteiger partial charge in [-0.1, -0.05) is 30.3 Å². The monoisotopic (exact) mass is 222 g/mol. The number of rotatable bonds is 4. The normalized spacial score (nSPS) is 11.9. The van der Waals surface area contributed by atoms with Gasteiger partial charge in [-0.05, 0) is 19.4 Å². The largest absolute Gasteiger partial charge is 0.509 e. The molecule has 1 atom stereocenters. The quantitative estimate of drug-likeness (QED) is 0.580. The Morgan fingerprint density at radius 2 is 1.81 bits per heavy atom. The Bertz CT molecular complexity index is 345. The van der Waals surface area contributed by atoms with Crippen LogP contribution in [-0.4, -0.2) is 18.5 Å². The molecular formula is C12H14O4. The summed E-state index contributed by atoms with van der Waals surface area (Å²) in [5, 5.41) is 0. The highest BCUT2D eigenvalue weighted by Crippen LogP contribution is 2.15. The zero-order valence-electron chi connectivity index (χ0n) is 9.25. The summed E-state index contributed by atoms with van der Waals surface area (Å²) in [6.07, 6.45) is -1.45. The third-order valence-electron chi connectivity index (χ3n) is 1.81. The molecule has 0 N–H and O–H groups in total. The lowest BCUT2D eigenvalue weighted by molar-refractivity contribution is -0.117. The molecule has 0 saturated heterocycles. The van der Waals surface area contributed by atoms with Gasteiger partial charge in [-0.2, -0.15) is 0 Å². The van der Waals surface area contributed by atoms with Crippen molar-refractivity contribution in [1.29, 1.82) is 0 Å². The maximum Gasteiger partial charge on any atom is 0.509 e. The van der Waals surface area contributed by atoms with Crippen molar-refractivity contribution in [3.8, 4) is 0 Å². The van der Waals surface area contributed by atoms with Gasteiger partial charge in [0.15, 0.2) is 12.4 Å². The predicted octanol–water partition coefficient (Wildman–Crippen LogP) is 2.49. The lowest BCUT2D eigenvalue weighted by Gasteiger charge is -2.13. The van der Waals surface area contributed by atoms with Crippen molar-refractivity contribution in [3.05, 3.63) is 35.9 Å². The summed E-state index contributed by atoms with van der Waals surface area (Å²) >= 11 is 0. The van der Waals surface area contributed by atoms with Crippen LogP contribution in [0.1, 0.15) is 25.5 Å². The molecular weight excluding hydrogens is 208 g/mol. The lowest BCUT2D eigenvalue weighted by Crippen LogP contribution is -2.17. The third kappa shape index (κ3) is 3.73. The van der Waals surface area contributed by atoms with E-state index >= 15 is 0 Å². The second-order valence-corrected chi connectivity index (χ2v) is 3.50. The first-order valence-electron chi connectivity index (χ1n) is 5.01. The Balaban J connectivity index is 2.63. The van der Waals surface area contributed by atoms with Gasteiger partial charge in [0.1, 0.15) is 0 Å². The Labute approximate surface area is 94.2 Å². The van der Waals surface area contributed by atoms with Crippen molar-refractivity contribution in [1.82, 2.24) is 0 Å². The molecule has 0 saturated carbocycles. The molecule has 0 aliphatic rings. The van der Waals surface area contributed by atoms with Crippen LogP contribution in [0.25, 0.3) is 0 Å². The standard InChI is InChI=1S/C12H14O4/c1-9(2)15-12(14)16-11(8-13)10-6-4-3-5-7-10/h3-9,11H,1-2H3. The molecule has 1 unspecified atom stereocenters. The highest BCUT2D eigenvalue weighted by Gasteiger charge is 2.17. The summed E-state index contributed by atoms with van der Waals surface area (Å²) < 4.78 is 9.65. The van der Waals surface area contributed by atoms with E-state index in [9.17, 15) is 9.59 Å². The second-order valence-electron chi connectivity index (χ2n) is 3.50. The number of benzene rings is 1. The number of hydrogen-bond acceptors (Lipinski definition) is 4. The van der Waals surface area contributed by atoms with Crippen LogP contribution in [0.4, 0.5) is 4.79 Å². The number of hydrogen-bond donors (Lipinski definition) is 0. The molecule has 4 heteroatoms. The first kappa shape index (κ1) is 12.2. The van der Waals surface area contributed by atoms with Gasteiger partial charge in [0, 0.05) is 0 Å². The van der Waals surface area contributed by atoms with Gasteiger partial charge in [0.05, 0.1) is 6.10 Å². The van der Waals surface area contributed by atoms with E-state index in [0.717, 1.165) is 0 Å². The first-order chi connectivity index (χ1) is 7.63. The zero-order valence-corrected chi connectivity index (χ0v) is 9.25. The minimum atomic E-state index is -0.910. The van der Waals surface area contributed by atoms with Gasteiger partial charge in [0.25, 0.3) is 0 Å². The number of carbonyl (C=O) groups is 2. The maximum absolute atomic E-state index is 11.2. The molecule has 4 nitrogen and oxygen atoms in total. The molecule has 1 rings (SSSR count). The Morgan fingerprint density at radius 1 is 1.19 bits per heavy atom. The maximum atomic E-state index is 11.2. The molecule has 86 valence electrons. The van der Waals surface area contributed by atoms with E-state index < -0.39 is 12.3 Å². The van der Waals surface area contributed by atoms with Crippen molar-refractivity contribution in [2.24, 2.45) is 0 Å². The van der Waals surface area contributed by atoms with E-state index in [1.165, 1.54) is 0 Å². The molecule has 0 heterocycles. The van der Waals surface area contributed by atoms with E-state index in [4.69, 9.17) is 9.47 Å². The van der Waals surface area contributed by atoms with Crippen LogP contribution in [-0.2, 0) is 14.3 Å². The van der Waals surface area contributed by atoms with Crippen molar-refractivity contribution in [2.45, 2.75) is 26.1 Å². The molecule has 0 bridgehead atoms. The van der Waals surface area contributed by atoms with Crippen molar-refractivity contribution >= 4 is 12.4 Å². The van der Waals surface area contributed by atoms with Crippen molar-refractivity contribution in [2.75, 3.05) is 0 Å². The third-order valence-corrected chi connectivity index (χ3v) is 1.81. The summed E-state index contributed by atoms with van der Waals surface area (Å²) in [7, 11) is 0. The Hall–Kier alpha value is -1.84. The summed E-state index contributed by atoms with van der Waals surface area (Å²) in [4.78, 5) is 22.0. The Morgan fingerprint density at radius 3 is 2.31 bits per heavy atom. The fourth-order valence-corrected chi connectivity index (χ4v) is 1.14. The van der Waals surface area contributed by atoms with Gasteiger partial charge in [-0.3, -0.25) is 4.79 Å². The molecule has 0 aliphatic carbocycles. The van der Waals surface area contributed by atoms with E-state index in [0.29, 0.717) is 11.8 Å². The summed E-state index contributed by atoms with van der Waals surface area (Å²) in [5.74, 6) is 0. The van der Waals surface area contributed by atoms with Gasteiger partial charge in [-0.25, -0.2) is 4.79 Å². The highest BCUT2D eigenvalue weighted by atomic mass is 16.7. The van der Waals surface area contributed by atoms with Gasteiger partial charge in [-0.15, -0.1) is 0 Å². The topological polar surface area (TPSA) is 52.6 Å². The molecule has 0 spiro atoms. The Kier molecular flexibility index (Phi) is 4.51. The van der Waals surface area contributed by atoms with Gasteiger partial charge in [0.2, 0.25) is 0 Å². The SMILES string of the molecule is CC(C)OC(=O)OC(C=O)c1ccccc1. The van der Waals surface area contributed by atoms with Crippen LogP contribution in [0.3, 0.4) is 0 Å². The number of ether oxygens (including phenoxy) is 2. The van der Waals surface area contributed by atoms with E-state index in [2.05, 4.69) is 0 Å². The second kappa shape index (κ2) is 5.90. The minimum absolute atomic E-state index is 0.268. The summed E-state index contributed by atoms with van der Waals surface area (Å²) in [6, 6.07) is 8.77. The van der Waals surface area contributed by atoms with E-state index in [1.807, 2.05) is 6.07 Å². The molecule has 1 aromatic carbocycles. The van der Waals surface area contributed by atoms with Crippen LogP contribution >= 0.6 is 0 Å². The molecule has 0 aliphatic heterocycles.